The summed E-state index contributed by atoms with van der Waals surface area (Å²) in [5.74, 6) is 1.44. The fourth-order valence-corrected chi connectivity index (χ4v) is 1.93. The molecule has 0 aromatic carbocycles. The standard InChI is InChI=1S/C8H14Br2/c1-6(2)4-7(3)5-8(9)10/h5-7H,4H2,1-3H3. The third kappa shape index (κ3) is 6.81. The van der Waals surface area contributed by atoms with Crippen LogP contribution in [-0.4, -0.2) is 0 Å². The van der Waals surface area contributed by atoms with Gasteiger partial charge in [0.15, 0.2) is 0 Å². The Morgan fingerprint density at radius 2 is 1.80 bits per heavy atom. The van der Waals surface area contributed by atoms with Crippen molar-refractivity contribution >= 4 is 31.9 Å². The second-order valence-corrected chi connectivity index (χ2v) is 5.84. The molecule has 0 rings (SSSR count). The molecular weight excluding hydrogens is 256 g/mol. The van der Waals surface area contributed by atoms with Gasteiger partial charge < -0.3 is 0 Å². The molecule has 0 aliphatic heterocycles. The summed E-state index contributed by atoms with van der Waals surface area (Å²) in [5.41, 5.74) is 0. The van der Waals surface area contributed by atoms with Crippen LogP contribution in [-0.2, 0) is 0 Å². The average molecular weight is 270 g/mol. The molecular formula is C8H14Br2. The van der Waals surface area contributed by atoms with Crippen molar-refractivity contribution in [1.82, 2.24) is 0 Å². The molecule has 1 unspecified atom stereocenters. The molecule has 0 aliphatic rings. The van der Waals surface area contributed by atoms with Crippen molar-refractivity contribution in [3.63, 3.8) is 0 Å². The summed E-state index contributed by atoms with van der Waals surface area (Å²) < 4.78 is 1.06. The van der Waals surface area contributed by atoms with Gasteiger partial charge in [-0.2, -0.15) is 0 Å². The van der Waals surface area contributed by atoms with Gasteiger partial charge in [0.25, 0.3) is 0 Å². The summed E-state index contributed by atoms with van der Waals surface area (Å²) in [6, 6.07) is 0. The smallest absolute Gasteiger partial charge is 0.0567 e. The summed E-state index contributed by atoms with van der Waals surface area (Å²) >= 11 is 6.69. The molecule has 0 bridgehead atoms. The Morgan fingerprint density at radius 1 is 1.30 bits per heavy atom. The predicted octanol–water partition coefficient (Wildman–Crippen LogP) is 4.30. The van der Waals surface area contributed by atoms with Crippen LogP contribution >= 0.6 is 31.9 Å². The molecule has 0 heterocycles. The van der Waals surface area contributed by atoms with Gasteiger partial charge in [-0.1, -0.05) is 26.8 Å². The van der Waals surface area contributed by atoms with Crippen molar-refractivity contribution in [3.8, 4) is 0 Å². The third-order valence-corrected chi connectivity index (χ3v) is 1.78. The van der Waals surface area contributed by atoms with E-state index in [2.05, 4.69) is 58.7 Å². The normalized spacial score (nSPS) is 13.4. The van der Waals surface area contributed by atoms with Gasteiger partial charge in [-0.05, 0) is 50.1 Å². The Balaban J connectivity index is 3.64. The quantitative estimate of drug-likeness (QED) is 0.717. The monoisotopic (exact) mass is 268 g/mol. The molecule has 0 aliphatic carbocycles. The molecule has 0 aromatic heterocycles. The molecule has 0 spiro atoms. The topological polar surface area (TPSA) is 0 Å². The number of halogens is 2. The average Bonchev–Trinajstić information content (AvgIpc) is 1.58. The van der Waals surface area contributed by atoms with Crippen LogP contribution in [0.25, 0.3) is 0 Å². The van der Waals surface area contributed by atoms with E-state index in [-0.39, 0.29) is 0 Å². The molecule has 10 heavy (non-hydrogen) atoms. The van der Waals surface area contributed by atoms with Crippen LogP contribution < -0.4 is 0 Å². The van der Waals surface area contributed by atoms with Crippen LogP contribution in [0.3, 0.4) is 0 Å². The van der Waals surface area contributed by atoms with Crippen molar-refractivity contribution < 1.29 is 0 Å². The highest BCUT2D eigenvalue weighted by molar-refractivity contribution is 9.28. The third-order valence-electron chi connectivity index (χ3n) is 1.25. The van der Waals surface area contributed by atoms with Gasteiger partial charge in [0.2, 0.25) is 0 Å². The molecule has 2 heteroatoms. The highest BCUT2D eigenvalue weighted by Crippen LogP contribution is 2.20. The Morgan fingerprint density at radius 3 is 2.10 bits per heavy atom. The lowest BCUT2D eigenvalue weighted by atomic mass is 9.99. The van der Waals surface area contributed by atoms with E-state index in [0.717, 1.165) is 9.31 Å². The van der Waals surface area contributed by atoms with Crippen molar-refractivity contribution in [2.75, 3.05) is 0 Å². The van der Waals surface area contributed by atoms with Crippen molar-refractivity contribution in [1.29, 1.82) is 0 Å². The van der Waals surface area contributed by atoms with Gasteiger partial charge in [-0.25, -0.2) is 0 Å². The molecule has 60 valence electrons. The minimum atomic E-state index is 0.661. The van der Waals surface area contributed by atoms with E-state index in [4.69, 9.17) is 0 Å². The SMILES string of the molecule is CC(C)CC(C)C=C(Br)Br. The van der Waals surface area contributed by atoms with E-state index >= 15 is 0 Å². The molecule has 0 N–H and O–H groups in total. The Labute approximate surface area is 80.3 Å². The molecule has 0 aromatic rings. The van der Waals surface area contributed by atoms with Gasteiger partial charge in [0.05, 0.1) is 3.39 Å². The van der Waals surface area contributed by atoms with Gasteiger partial charge in [0, 0.05) is 0 Å². The van der Waals surface area contributed by atoms with E-state index in [1.807, 2.05) is 0 Å². The maximum atomic E-state index is 3.34. The first-order valence-corrected chi connectivity index (χ1v) is 5.13. The molecule has 0 fully saturated rings. The molecule has 1 atom stereocenters. The first-order chi connectivity index (χ1) is 4.52. The second-order valence-electron chi connectivity index (χ2n) is 3.06. The summed E-state index contributed by atoms with van der Waals surface area (Å²) in [5, 5.41) is 0. The van der Waals surface area contributed by atoms with Gasteiger partial charge in [-0.15, -0.1) is 0 Å². The van der Waals surface area contributed by atoms with E-state index in [1.165, 1.54) is 6.42 Å². The van der Waals surface area contributed by atoms with Crippen molar-refractivity contribution in [3.05, 3.63) is 9.47 Å². The predicted molar refractivity (Wildman–Crippen MR) is 54.6 cm³/mol. The molecule has 0 saturated carbocycles. The first kappa shape index (κ1) is 10.7. The van der Waals surface area contributed by atoms with Crippen molar-refractivity contribution in [2.24, 2.45) is 11.8 Å². The van der Waals surface area contributed by atoms with Gasteiger partial charge in [0.1, 0.15) is 0 Å². The zero-order valence-corrected chi connectivity index (χ0v) is 9.87. The lowest BCUT2D eigenvalue weighted by Gasteiger charge is -2.08. The minimum absolute atomic E-state index is 0.661. The van der Waals surface area contributed by atoms with Crippen LogP contribution in [0.5, 0.6) is 0 Å². The van der Waals surface area contributed by atoms with E-state index in [0.29, 0.717) is 5.92 Å². The van der Waals surface area contributed by atoms with E-state index in [9.17, 15) is 0 Å². The number of allylic oxidation sites excluding steroid dienone is 1. The molecule has 0 nitrogen and oxygen atoms in total. The van der Waals surface area contributed by atoms with Crippen LogP contribution in [0.15, 0.2) is 9.47 Å². The van der Waals surface area contributed by atoms with Crippen LogP contribution in [0.1, 0.15) is 27.2 Å². The first-order valence-electron chi connectivity index (χ1n) is 3.55. The van der Waals surface area contributed by atoms with Gasteiger partial charge >= 0.3 is 0 Å². The zero-order valence-electron chi connectivity index (χ0n) is 6.70. The van der Waals surface area contributed by atoms with E-state index in [1.54, 1.807) is 0 Å². The van der Waals surface area contributed by atoms with Crippen LogP contribution in [0.2, 0.25) is 0 Å². The molecule has 0 amide bonds. The molecule has 0 radical (unpaired) electrons. The summed E-state index contributed by atoms with van der Waals surface area (Å²) in [7, 11) is 0. The maximum absolute atomic E-state index is 3.34. The summed E-state index contributed by atoms with van der Waals surface area (Å²) in [6.07, 6.45) is 3.43. The summed E-state index contributed by atoms with van der Waals surface area (Å²) in [6.45, 7) is 6.71. The number of rotatable bonds is 3. The van der Waals surface area contributed by atoms with E-state index < -0.39 is 0 Å². The fourth-order valence-electron chi connectivity index (χ4n) is 1.03. The minimum Gasteiger partial charge on any atom is -0.0628 e. The number of hydrogen-bond acceptors (Lipinski definition) is 0. The zero-order chi connectivity index (χ0) is 8.15. The second kappa shape index (κ2) is 5.36. The highest BCUT2D eigenvalue weighted by atomic mass is 79.9. The van der Waals surface area contributed by atoms with Crippen LogP contribution in [0.4, 0.5) is 0 Å². The highest BCUT2D eigenvalue weighted by Gasteiger charge is 2.01. The number of hydrogen-bond donors (Lipinski definition) is 0. The largest absolute Gasteiger partial charge is 0.0628 e. The van der Waals surface area contributed by atoms with Crippen molar-refractivity contribution in [2.45, 2.75) is 27.2 Å². The fraction of sp³-hybridized carbons (Fsp3) is 0.750. The lowest BCUT2D eigenvalue weighted by molar-refractivity contribution is 0.503. The molecule has 0 saturated heterocycles. The Bertz CT molecular complexity index is 112. The summed E-state index contributed by atoms with van der Waals surface area (Å²) in [4.78, 5) is 0. The Hall–Kier alpha value is 0.700. The Kier molecular flexibility index (Phi) is 5.74. The van der Waals surface area contributed by atoms with Crippen LogP contribution in [0, 0.1) is 11.8 Å². The van der Waals surface area contributed by atoms with Gasteiger partial charge in [-0.3, -0.25) is 0 Å². The maximum Gasteiger partial charge on any atom is 0.0567 e. The lowest BCUT2D eigenvalue weighted by Crippen LogP contribution is -1.95.